The van der Waals surface area contributed by atoms with Crippen molar-refractivity contribution in [2.24, 2.45) is 0 Å². The van der Waals surface area contributed by atoms with Crippen LogP contribution in [-0.2, 0) is 0 Å². The van der Waals surface area contributed by atoms with Crippen molar-refractivity contribution in [2.45, 2.75) is 78.6 Å². The summed E-state index contributed by atoms with van der Waals surface area (Å²) in [5, 5.41) is 0. The smallest absolute Gasteiger partial charge is 0.224 e. The van der Waals surface area contributed by atoms with Gasteiger partial charge in [0, 0.05) is 14.2 Å². The lowest BCUT2D eigenvalue weighted by molar-refractivity contribution is 0.827. The normalized spacial score (nSPS) is 16.5. The van der Waals surface area contributed by atoms with Crippen LogP contribution in [0, 0.1) is 0 Å². The van der Waals surface area contributed by atoms with Crippen molar-refractivity contribution < 1.29 is 8.22 Å². The molecule has 0 nitrogen and oxygen atoms in total. The quantitative estimate of drug-likeness (QED) is 0.428. The Labute approximate surface area is 131 Å². The van der Waals surface area contributed by atoms with E-state index in [0.29, 0.717) is 0 Å². The average molecular weight is 387 g/mol. The maximum atomic E-state index is 15.1. The first-order valence-electron chi connectivity index (χ1n) is 7.63. The van der Waals surface area contributed by atoms with Gasteiger partial charge < -0.3 is 8.22 Å². The molecule has 0 atom stereocenters. The lowest BCUT2D eigenvalue weighted by Gasteiger charge is -2.58. The minimum atomic E-state index is -2.62. The number of hydrogen-bond acceptors (Lipinski definition) is 0. The molecule has 0 amide bonds. The molecule has 0 aromatic heterocycles. The second-order valence-corrected chi connectivity index (χ2v) is 71.5. The SMILES string of the molecule is C[Si](C)(F)[Si](C)(C)[Si](C)(C)[Si](C)(C)[Si](C)(C)[Si](C)(C)F. The molecule has 0 bridgehead atoms. The second kappa shape index (κ2) is 5.36. The van der Waals surface area contributed by atoms with Crippen molar-refractivity contribution in [3.05, 3.63) is 0 Å². The summed E-state index contributed by atoms with van der Waals surface area (Å²) in [5.74, 6) is 0. The topological polar surface area (TPSA) is 0 Å². The van der Waals surface area contributed by atoms with E-state index in [4.69, 9.17) is 0 Å². The van der Waals surface area contributed by atoms with E-state index in [2.05, 4.69) is 52.4 Å². The zero-order valence-electron chi connectivity index (χ0n) is 15.8. The maximum absolute atomic E-state index is 15.1. The first-order valence-corrected chi connectivity index (χ1v) is 30.4. The Morgan fingerprint density at radius 2 is 0.500 bits per heavy atom. The van der Waals surface area contributed by atoms with E-state index >= 15 is 8.22 Å². The van der Waals surface area contributed by atoms with Crippen LogP contribution < -0.4 is 0 Å². The number of rotatable bonds is 5. The van der Waals surface area contributed by atoms with E-state index < -0.39 is 44.3 Å². The highest BCUT2D eigenvalue weighted by molar-refractivity contribution is 7.96. The lowest BCUT2D eigenvalue weighted by Crippen LogP contribution is -2.87. The molecule has 0 radical (unpaired) electrons. The third-order valence-electron chi connectivity index (χ3n) is 7.66. The van der Waals surface area contributed by atoms with E-state index in [-0.39, 0.29) is 0 Å². The van der Waals surface area contributed by atoms with Crippen molar-refractivity contribution >= 4 is 44.3 Å². The molecule has 8 heteroatoms. The highest BCUT2D eigenvalue weighted by Gasteiger charge is 2.67. The summed E-state index contributed by atoms with van der Waals surface area (Å²) in [6, 6.07) is 0. The van der Waals surface area contributed by atoms with Gasteiger partial charge in [0.25, 0.3) is 0 Å². The zero-order valence-corrected chi connectivity index (χ0v) is 21.8. The molecule has 20 heavy (non-hydrogen) atoms. The highest BCUT2D eigenvalue weighted by Crippen LogP contribution is 2.42. The van der Waals surface area contributed by atoms with Crippen LogP contribution in [0.1, 0.15) is 0 Å². The van der Waals surface area contributed by atoms with Crippen molar-refractivity contribution in [2.75, 3.05) is 0 Å². The van der Waals surface area contributed by atoms with Gasteiger partial charge in [-0.2, -0.15) is 0 Å². The molecular weight excluding hydrogens is 351 g/mol. The van der Waals surface area contributed by atoms with Gasteiger partial charge in [0.2, 0.25) is 15.9 Å². The van der Waals surface area contributed by atoms with Gasteiger partial charge >= 0.3 is 0 Å². The largest absolute Gasteiger partial charge is 0.319 e. The predicted molar refractivity (Wildman–Crippen MR) is 107 cm³/mol. The summed E-state index contributed by atoms with van der Waals surface area (Å²) in [6.45, 7) is 26.5. The third-order valence-corrected chi connectivity index (χ3v) is 120. The molecule has 0 aliphatic heterocycles. The molecule has 122 valence electrons. The molecule has 0 rings (SSSR count). The molecule has 0 spiro atoms. The molecular formula is C12H36F2Si6. The second-order valence-electron chi connectivity index (χ2n) is 9.44. The summed E-state index contributed by atoms with van der Waals surface area (Å²) in [7, 11) is -12.5. The Kier molecular flexibility index (Phi) is 5.67. The third kappa shape index (κ3) is 2.97. The van der Waals surface area contributed by atoms with Gasteiger partial charge in [-0.3, -0.25) is 0 Å². The number of hydrogen-bond donors (Lipinski definition) is 0. The summed E-state index contributed by atoms with van der Waals surface area (Å²) >= 11 is 0. The lowest BCUT2D eigenvalue weighted by atomic mass is 11.9. The molecule has 0 aliphatic carbocycles. The van der Waals surface area contributed by atoms with Crippen LogP contribution in [0.15, 0.2) is 0 Å². The van der Waals surface area contributed by atoms with Crippen LogP contribution in [0.2, 0.25) is 78.6 Å². The summed E-state index contributed by atoms with van der Waals surface area (Å²) in [5.41, 5.74) is 0. The Hall–Kier alpha value is 1.16. The molecule has 0 aromatic rings. The van der Waals surface area contributed by atoms with Crippen LogP contribution in [0.25, 0.3) is 0 Å². The molecule has 0 aliphatic rings. The van der Waals surface area contributed by atoms with E-state index in [0.717, 1.165) is 0 Å². The Balaban J connectivity index is 6.08. The van der Waals surface area contributed by atoms with Crippen LogP contribution in [0.5, 0.6) is 0 Å². The maximum Gasteiger partial charge on any atom is 0.224 e. The van der Waals surface area contributed by atoms with E-state index in [1.54, 1.807) is 0 Å². The van der Waals surface area contributed by atoms with Crippen LogP contribution in [-0.4, -0.2) is 44.3 Å². The number of halogens is 2. The van der Waals surface area contributed by atoms with Crippen LogP contribution >= 0.6 is 0 Å². The van der Waals surface area contributed by atoms with E-state index in [1.807, 2.05) is 26.2 Å². The zero-order chi connectivity index (χ0) is 17.0. The molecule has 0 heterocycles. The van der Waals surface area contributed by atoms with E-state index in [1.165, 1.54) is 0 Å². The first kappa shape index (κ1) is 21.2. The fourth-order valence-electron chi connectivity index (χ4n) is 3.05. The first-order chi connectivity index (χ1) is 8.25. The van der Waals surface area contributed by atoms with Gasteiger partial charge in [-0.25, -0.2) is 0 Å². The Morgan fingerprint density at radius 3 is 0.600 bits per heavy atom. The minimum absolute atomic E-state index is 1.72. The molecule has 0 saturated carbocycles. The van der Waals surface area contributed by atoms with Crippen molar-refractivity contribution in [1.29, 1.82) is 0 Å². The van der Waals surface area contributed by atoms with E-state index in [9.17, 15) is 0 Å². The summed E-state index contributed by atoms with van der Waals surface area (Å²) in [6.07, 6.45) is 0. The van der Waals surface area contributed by atoms with Gasteiger partial charge in [0.05, 0.1) is 14.2 Å². The van der Waals surface area contributed by atoms with Crippen LogP contribution in [0.3, 0.4) is 0 Å². The van der Waals surface area contributed by atoms with Gasteiger partial charge in [0.15, 0.2) is 0 Å². The van der Waals surface area contributed by atoms with Crippen LogP contribution in [0.4, 0.5) is 8.22 Å². The average Bonchev–Trinajstić information content (AvgIpc) is 2.12. The fourth-order valence-corrected chi connectivity index (χ4v) is 139. The highest BCUT2D eigenvalue weighted by atomic mass is 30.0. The standard InChI is InChI=1S/C12H36F2Si6/c1-15(2,13)17(5,6)19(9,10)20(11,12)18(7,8)16(3,4)14/h1-12H3. The molecule has 0 saturated heterocycles. The predicted octanol–water partition coefficient (Wildman–Crippen LogP) is 5.56. The van der Waals surface area contributed by atoms with Gasteiger partial charge in [-0.15, -0.1) is 0 Å². The molecule has 0 N–H and O–H groups in total. The van der Waals surface area contributed by atoms with Crippen molar-refractivity contribution in [3.8, 4) is 0 Å². The summed E-state index contributed by atoms with van der Waals surface area (Å²) in [4.78, 5) is 0. The van der Waals surface area contributed by atoms with Gasteiger partial charge in [0.1, 0.15) is 0 Å². The minimum Gasteiger partial charge on any atom is -0.319 e. The fraction of sp³-hybridized carbons (Fsp3) is 1.00. The monoisotopic (exact) mass is 386 g/mol. The molecule has 0 fully saturated rings. The molecule has 0 aromatic carbocycles. The van der Waals surface area contributed by atoms with Crippen molar-refractivity contribution in [1.82, 2.24) is 0 Å². The van der Waals surface area contributed by atoms with Gasteiger partial charge in [-0.05, 0) is 26.2 Å². The van der Waals surface area contributed by atoms with Crippen molar-refractivity contribution in [3.63, 3.8) is 0 Å². The summed E-state index contributed by atoms with van der Waals surface area (Å²) < 4.78 is 30.1. The Morgan fingerprint density at radius 1 is 0.350 bits per heavy atom. The van der Waals surface area contributed by atoms with Gasteiger partial charge in [-0.1, -0.05) is 52.4 Å². The Bertz CT molecular complexity index is 327. The molecule has 0 unspecified atom stereocenters.